The first-order valence-corrected chi connectivity index (χ1v) is 4.98. The number of anilines is 1. The number of hydrogen-bond donors (Lipinski definition) is 4. The Bertz CT molecular complexity index is 606. The molecule has 7 nitrogen and oxygen atoms in total. The lowest BCUT2D eigenvalue weighted by molar-refractivity contribution is 0.0693. The molecule has 0 fully saturated rings. The molecular weight excluding hydrogens is 238 g/mol. The number of carboxylic acid groups (broad SMARTS) is 1. The molecule has 1 aromatic heterocycles. The first-order valence-electron chi connectivity index (χ1n) is 4.98. The summed E-state index contributed by atoms with van der Waals surface area (Å²) in [5.41, 5.74) is 6.11. The van der Waals surface area contributed by atoms with Crippen molar-refractivity contribution in [3.8, 4) is 22.8 Å². The van der Waals surface area contributed by atoms with E-state index in [1.54, 1.807) is 0 Å². The normalized spacial score (nSPS) is 10.3. The third-order valence-electron chi connectivity index (χ3n) is 2.44. The number of nitrogen functional groups attached to an aromatic ring is 1. The summed E-state index contributed by atoms with van der Waals surface area (Å²) in [6, 6.07) is 4.02. The van der Waals surface area contributed by atoms with E-state index in [1.807, 2.05) is 0 Å². The van der Waals surface area contributed by atoms with Gasteiger partial charge in [-0.1, -0.05) is 0 Å². The number of aromatic carboxylic acids is 1. The van der Waals surface area contributed by atoms with Gasteiger partial charge in [0.05, 0.1) is 12.8 Å². The highest BCUT2D eigenvalue weighted by molar-refractivity contribution is 5.93. The number of carboxylic acids is 1. The number of carbonyl (C=O) groups is 1. The molecule has 0 aliphatic heterocycles. The number of aromatic amines is 1. The van der Waals surface area contributed by atoms with Gasteiger partial charge in [-0.15, -0.1) is 0 Å². The van der Waals surface area contributed by atoms with Gasteiger partial charge in [0, 0.05) is 17.7 Å². The predicted molar refractivity (Wildman–Crippen MR) is 63.6 cm³/mol. The van der Waals surface area contributed by atoms with E-state index in [4.69, 9.17) is 15.6 Å². The standard InChI is InChI=1S/C11H11N3O4/c1-18-9-4-8(15)5(2-6(9)11(16)17)7-3-10(12)14-13-7/h2-4,15H,1H3,(H,16,17)(H3,12,13,14). The van der Waals surface area contributed by atoms with Crippen molar-refractivity contribution in [3.05, 3.63) is 23.8 Å². The Morgan fingerprint density at radius 1 is 1.44 bits per heavy atom. The van der Waals surface area contributed by atoms with Gasteiger partial charge in [-0.2, -0.15) is 5.10 Å². The molecule has 94 valence electrons. The zero-order chi connectivity index (χ0) is 13.3. The molecule has 0 saturated carbocycles. The number of aromatic nitrogens is 2. The van der Waals surface area contributed by atoms with Crippen LogP contribution in [0.15, 0.2) is 18.2 Å². The Balaban J connectivity index is 2.62. The molecule has 1 aromatic carbocycles. The Morgan fingerprint density at radius 3 is 2.67 bits per heavy atom. The molecule has 0 radical (unpaired) electrons. The largest absolute Gasteiger partial charge is 0.507 e. The molecular formula is C11H11N3O4. The van der Waals surface area contributed by atoms with Crippen LogP contribution in [0, 0.1) is 0 Å². The summed E-state index contributed by atoms with van der Waals surface area (Å²) < 4.78 is 4.89. The lowest BCUT2D eigenvalue weighted by Gasteiger charge is -2.08. The number of methoxy groups -OCH3 is 1. The molecule has 0 unspecified atom stereocenters. The third kappa shape index (κ3) is 1.93. The van der Waals surface area contributed by atoms with Gasteiger partial charge in [0.1, 0.15) is 22.9 Å². The molecule has 0 amide bonds. The summed E-state index contributed by atoms with van der Waals surface area (Å²) in [6.07, 6.45) is 0. The quantitative estimate of drug-likeness (QED) is 0.645. The highest BCUT2D eigenvalue weighted by atomic mass is 16.5. The topological polar surface area (TPSA) is 121 Å². The highest BCUT2D eigenvalue weighted by Gasteiger charge is 2.17. The molecule has 2 aromatic rings. The van der Waals surface area contributed by atoms with Crippen molar-refractivity contribution in [1.82, 2.24) is 10.2 Å². The van der Waals surface area contributed by atoms with Crippen LogP contribution in [-0.4, -0.2) is 33.5 Å². The third-order valence-corrected chi connectivity index (χ3v) is 2.44. The van der Waals surface area contributed by atoms with Crippen molar-refractivity contribution in [2.45, 2.75) is 0 Å². The van der Waals surface area contributed by atoms with Crippen LogP contribution in [0.25, 0.3) is 11.3 Å². The smallest absolute Gasteiger partial charge is 0.339 e. The summed E-state index contributed by atoms with van der Waals surface area (Å²) in [5.74, 6) is -0.950. The van der Waals surface area contributed by atoms with Gasteiger partial charge in [-0.3, -0.25) is 5.10 Å². The van der Waals surface area contributed by atoms with Crippen LogP contribution in [-0.2, 0) is 0 Å². The maximum atomic E-state index is 11.1. The highest BCUT2D eigenvalue weighted by Crippen LogP contribution is 2.34. The Morgan fingerprint density at radius 2 is 2.17 bits per heavy atom. The van der Waals surface area contributed by atoms with Crippen molar-refractivity contribution >= 4 is 11.8 Å². The number of H-pyrrole nitrogens is 1. The average molecular weight is 249 g/mol. The van der Waals surface area contributed by atoms with Crippen molar-refractivity contribution in [1.29, 1.82) is 0 Å². The fourth-order valence-corrected chi connectivity index (χ4v) is 1.60. The summed E-state index contributed by atoms with van der Waals surface area (Å²) >= 11 is 0. The Labute approximate surface area is 102 Å². The maximum absolute atomic E-state index is 11.1. The molecule has 0 saturated heterocycles. The van der Waals surface area contributed by atoms with Crippen LogP contribution in [0.3, 0.4) is 0 Å². The summed E-state index contributed by atoms with van der Waals surface area (Å²) in [6.45, 7) is 0. The molecule has 7 heteroatoms. The van der Waals surface area contributed by atoms with Gasteiger partial charge in [-0.05, 0) is 6.07 Å². The molecule has 0 aliphatic carbocycles. The van der Waals surface area contributed by atoms with Gasteiger partial charge in [0.15, 0.2) is 0 Å². The van der Waals surface area contributed by atoms with E-state index in [1.165, 1.54) is 25.3 Å². The van der Waals surface area contributed by atoms with Crippen LogP contribution < -0.4 is 10.5 Å². The zero-order valence-electron chi connectivity index (χ0n) is 9.47. The number of hydrogen-bond acceptors (Lipinski definition) is 5. The maximum Gasteiger partial charge on any atom is 0.339 e. The first-order chi connectivity index (χ1) is 8.52. The number of nitrogens with two attached hydrogens (primary N) is 1. The molecule has 0 aliphatic rings. The summed E-state index contributed by atoms with van der Waals surface area (Å²) in [5, 5.41) is 25.2. The Hall–Kier alpha value is -2.70. The number of aromatic hydroxyl groups is 1. The van der Waals surface area contributed by atoms with Crippen LogP contribution in [0.4, 0.5) is 5.82 Å². The van der Waals surface area contributed by atoms with Gasteiger partial charge >= 0.3 is 5.97 Å². The van der Waals surface area contributed by atoms with Crippen molar-refractivity contribution in [3.63, 3.8) is 0 Å². The second-order valence-corrected chi connectivity index (χ2v) is 3.58. The molecule has 2 rings (SSSR count). The van der Waals surface area contributed by atoms with E-state index >= 15 is 0 Å². The number of ether oxygens (including phenoxy) is 1. The molecule has 0 bridgehead atoms. The van der Waals surface area contributed by atoms with E-state index in [2.05, 4.69) is 10.2 Å². The minimum absolute atomic E-state index is 0.0570. The van der Waals surface area contributed by atoms with Gasteiger partial charge in [-0.25, -0.2) is 4.79 Å². The van der Waals surface area contributed by atoms with Gasteiger partial charge in [0.25, 0.3) is 0 Å². The minimum atomic E-state index is -1.15. The van der Waals surface area contributed by atoms with Crippen LogP contribution in [0.5, 0.6) is 11.5 Å². The first kappa shape index (κ1) is 11.8. The lowest BCUT2D eigenvalue weighted by atomic mass is 10.1. The number of nitrogens with one attached hydrogen (secondary N) is 1. The molecule has 5 N–H and O–H groups in total. The second-order valence-electron chi connectivity index (χ2n) is 3.58. The average Bonchev–Trinajstić information content (AvgIpc) is 2.74. The number of benzene rings is 1. The van der Waals surface area contributed by atoms with E-state index in [-0.39, 0.29) is 28.4 Å². The van der Waals surface area contributed by atoms with Crippen molar-refractivity contribution in [2.75, 3.05) is 12.8 Å². The minimum Gasteiger partial charge on any atom is -0.507 e. The SMILES string of the molecule is COc1cc(O)c(-c2cc(N)n[nH]2)cc1C(=O)O. The van der Waals surface area contributed by atoms with E-state index in [0.29, 0.717) is 5.69 Å². The molecule has 0 spiro atoms. The van der Waals surface area contributed by atoms with Crippen LogP contribution in [0.1, 0.15) is 10.4 Å². The fraction of sp³-hybridized carbons (Fsp3) is 0.0909. The number of nitrogens with zero attached hydrogens (tertiary/aromatic N) is 1. The van der Waals surface area contributed by atoms with Gasteiger partial charge < -0.3 is 20.7 Å². The molecule has 18 heavy (non-hydrogen) atoms. The lowest BCUT2D eigenvalue weighted by Crippen LogP contribution is -2.01. The zero-order valence-corrected chi connectivity index (χ0v) is 9.47. The summed E-state index contributed by atoms with van der Waals surface area (Å²) in [4.78, 5) is 11.1. The van der Waals surface area contributed by atoms with E-state index in [0.717, 1.165) is 0 Å². The van der Waals surface area contributed by atoms with Crippen LogP contribution >= 0.6 is 0 Å². The predicted octanol–water partition coefficient (Wildman–Crippen LogP) is 1.07. The Kier molecular flexibility index (Phi) is 2.80. The summed E-state index contributed by atoms with van der Waals surface area (Å²) in [7, 11) is 1.33. The second kappa shape index (κ2) is 4.28. The van der Waals surface area contributed by atoms with Crippen molar-refractivity contribution < 1.29 is 19.7 Å². The fourth-order valence-electron chi connectivity index (χ4n) is 1.60. The monoisotopic (exact) mass is 249 g/mol. The van der Waals surface area contributed by atoms with Gasteiger partial charge in [0.2, 0.25) is 0 Å². The van der Waals surface area contributed by atoms with Crippen molar-refractivity contribution in [2.24, 2.45) is 0 Å². The van der Waals surface area contributed by atoms with E-state index < -0.39 is 5.97 Å². The number of phenols is 1. The number of phenolic OH excluding ortho intramolecular Hbond substituents is 1. The number of rotatable bonds is 3. The van der Waals surface area contributed by atoms with Crippen LogP contribution in [0.2, 0.25) is 0 Å². The van der Waals surface area contributed by atoms with E-state index in [9.17, 15) is 9.90 Å². The molecule has 0 atom stereocenters. The molecule has 1 heterocycles.